The minimum atomic E-state index is -0.145. The number of anilines is 1. The molecule has 188 valence electrons. The lowest BCUT2D eigenvalue weighted by Gasteiger charge is -2.29. The van der Waals surface area contributed by atoms with Crippen LogP contribution >= 0.6 is 12.2 Å². The molecule has 0 spiro atoms. The van der Waals surface area contributed by atoms with Crippen molar-refractivity contribution < 1.29 is 4.79 Å². The van der Waals surface area contributed by atoms with Crippen molar-refractivity contribution in [2.75, 3.05) is 11.9 Å². The number of carbonyl (C=O) groups is 1. The fraction of sp³-hybridized carbons (Fsp3) is 0.233. The predicted octanol–water partition coefficient (Wildman–Crippen LogP) is 5.80. The number of thiocarbonyl (C=S) groups is 1. The Morgan fingerprint density at radius 3 is 2.62 bits per heavy atom. The lowest BCUT2D eigenvalue weighted by atomic mass is 10.0. The van der Waals surface area contributed by atoms with Crippen molar-refractivity contribution >= 4 is 28.9 Å². The van der Waals surface area contributed by atoms with Gasteiger partial charge >= 0.3 is 0 Å². The maximum atomic E-state index is 12.9. The fourth-order valence-electron chi connectivity index (χ4n) is 4.88. The standard InChI is InChI=1S/C30H31N5OS/c1-20-8-6-9-23(18-20)32-27(36)14-17-35-29(28(33-30(35)37)25-10-4-5-15-31-25)26-11-7-16-34(26)24-13-12-21(2)22(3)19-24/h4-13,15-16,18-19,28-29H,14,17H2,1-3H3,(H,32,36)(H,33,37). The van der Waals surface area contributed by atoms with Gasteiger partial charge in [0.15, 0.2) is 5.11 Å². The number of hydrogen-bond acceptors (Lipinski definition) is 3. The molecule has 2 unspecified atom stereocenters. The van der Waals surface area contributed by atoms with Crippen LogP contribution in [0.1, 0.15) is 46.6 Å². The summed E-state index contributed by atoms with van der Waals surface area (Å²) in [4.78, 5) is 19.6. The predicted molar refractivity (Wildman–Crippen MR) is 152 cm³/mol. The van der Waals surface area contributed by atoms with E-state index in [0.29, 0.717) is 18.1 Å². The molecule has 1 aliphatic heterocycles. The topological polar surface area (TPSA) is 62.2 Å². The molecular formula is C30H31N5OS. The summed E-state index contributed by atoms with van der Waals surface area (Å²) in [6.07, 6.45) is 4.20. The van der Waals surface area contributed by atoms with E-state index < -0.39 is 0 Å². The van der Waals surface area contributed by atoms with E-state index in [2.05, 4.69) is 75.5 Å². The van der Waals surface area contributed by atoms with Gasteiger partial charge in [0.25, 0.3) is 0 Å². The van der Waals surface area contributed by atoms with Gasteiger partial charge in [0, 0.05) is 42.4 Å². The van der Waals surface area contributed by atoms with Crippen LogP contribution in [0.25, 0.3) is 5.69 Å². The van der Waals surface area contributed by atoms with E-state index in [4.69, 9.17) is 12.2 Å². The Morgan fingerprint density at radius 2 is 1.86 bits per heavy atom. The molecule has 0 aliphatic carbocycles. The quantitative estimate of drug-likeness (QED) is 0.309. The SMILES string of the molecule is Cc1cccc(NC(=O)CCN2C(=S)NC(c3ccccn3)C2c2cccn2-c2ccc(C)c(C)c2)c1. The van der Waals surface area contributed by atoms with Crippen molar-refractivity contribution in [1.29, 1.82) is 0 Å². The fourth-order valence-corrected chi connectivity index (χ4v) is 5.21. The molecule has 37 heavy (non-hydrogen) atoms. The summed E-state index contributed by atoms with van der Waals surface area (Å²) >= 11 is 5.81. The van der Waals surface area contributed by atoms with Crippen LogP contribution in [-0.2, 0) is 4.79 Å². The third-order valence-electron chi connectivity index (χ3n) is 6.93. The highest BCUT2D eigenvalue weighted by atomic mass is 32.1. The molecule has 3 heterocycles. The van der Waals surface area contributed by atoms with Crippen molar-refractivity contribution in [2.45, 2.75) is 39.3 Å². The summed E-state index contributed by atoms with van der Waals surface area (Å²) < 4.78 is 2.21. The average molecular weight is 510 g/mol. The summed E-state index contributed by atoms with van der Waals surface area (Å²) in [6, 6.07) is 24.2. The molecule has 1 fully saturated rings. The number of benzene rings is 2. The van der Waals surface area contributed by atoms with Crippen LogP contribution in [0.3, 0.4) is 0 Å². The van der Waals surface area contributed by atoms with Gasteiger partial charge in [-0.25, -0.2) is 0 Å². The van der Waals surface area contributed by atoms with Gasteiger partial charge in [0.2, 0.25) is 5.91 Å². The minimum Gasteiger partial charge on any atom is -0.352 e. The minimum absolute atomic E-state index is 0.0435. The molecule has 1 saturated heterocycles. The van der Waals surface area contributed by atoms with E-state index in [1.165, 1.54) is 11.1 Å². The van der Waals surface area contributed by atoms with Crippen LogP contribution < -0.4 is 10.6 Å². The highest BCUT2D eigenvalue weighted by Gasteiger charge is 2.41. The summed E-state index contributed by atoms with van der Waals surface area (Å²) in [6.45, 7) is 6.74. The molecule has 2 aromatic heterocycles. The number of nitrogens with zero attached hydrogens (tertiary/aromatic N) is 3. The van der Waals surface area contributed by atoms with E-state index in [-0.39, 0.29) is 18.0 Å². The van der Waals surface area contributed by atoms with Gasteiger partial charge in [-0.3, -0.25) is 9.78 Å². The molecule has 7 heteroatoms. The lowest BCUT2D eigenvalue weighted by molar-refractivity contribution is -0.116. The molecule has 0 bridgehead atoms. The van der Waals surface area contributed by atoms with E-state index in [0.717, 1.165) is 28.3 Å². The second-order valence-corrected chi connectivity index (χ2v) is 9.95. The number of aromatic nitrogens is 2. The Kier molecular flexibility index (Phi) is 7.06. The highest BCUT2D eigenvalue weighted by molar-refractivity contribution is 7.80. The first-order chi connectivity index (χ1) is 17.9. The Bertz CT molecular complexity index is 1430. The summed E-state index contributed by atoms with van der Waals surface area (Å²) in [7, 11) is 0. The van der Waals surface area contributed by atoms with Gasteiger partial charge in [0.05, 0.1) is 17.8 Å². The number of carbonyl (C=O) groups excluding carboxylic acids is 1. The van der Waals surface area contributed by atoms with Crippen molar-refractivity contribution in [3.8, 4) is 5.69 Å². The molecule has 2 N–H and O–H groups in total. The first-order valence-corrected chi connectivity index (χ1v) is 12.9. The van der Waals surface area contributed by atoms with Gasteiger partial charge in [-0.05, 0) is 98.2 Å². The Balaban J connectivity index is 1.45. The van der Waals surface area contributed by atoms with Gasteiger partial charge in [-0.2, -0.15) is 0 Å². The van der Waals surface area contributed by atoms with Gasteiger partial charge in [0.1, 0.15) is 0 Å². The maximum absolute atomic E-state index is 12.9. The number of nitrogens with one attached hydrogen (secondary N) is 2. The summed E-state index contributed by atoms with van der Waals surface area (Å²) in [5.41, 5.74) is 7.50. The van der Waals surface area contributed by atoms with Crippen molar-refractivity contribution in [3.05, 3.63) is 113 Å². The zero-order valence-corrected chi connectivity index (χ0v) is 22.1. The second-order valence-electron chi connectivity index (χ2n) is 9.56. The van der Waals surface area contributed by atoms with Crippen LogP contribution in [0, 0.1) is 20.8 Å². The van der Waals surface area contributed by atoms with E-state index >= 15 is 0 Å². The van der Waals surface area contributed by atoms with Crippen molar-refractivity contribution in [2.24, 2.45) is 0 Å². The third kappa shape index (κ3) is 5.27. The molecule has 5 rings (SSSR count). The Hall–Kier alpha value is -3.97. The number of hydrogen-bond donors (Lipinski definition) is 2. The largest absolute Gasteiger partial charge is 0.352 e. The summed E-state index contributed by atoms with van der Waals surface area (Å²) in [5, 5.41) is 7.13. The van der Waals surface area contributed by atoms with Crippen molar-refractivity contribution in [1.82, 2.24) is 19.8 Å². The normalized spacial score (nSPS) is 17.1. The molecular weight excluding hydrogens is 478 g/mol. The van der Waals surface area contributed by atoms with Crippen LogP contribution in [0.4, 0.5) is 5.69 Å². The number of aryl methyl sites for hydroxylation is 3. The van der Waals surface area contributed by atoms with E-state index in [1.807, 2.05) is 49.4 Å². The first-order valence-electron chi connectivity index (χ1n) is 12.5. The van der Waals surface area contributed by atoms with Gasteiger partial charge in [-0.15, -0.1) is 0 Å². The molecule has 4 aromatic rings. The molecule has 2 aromatic carbocycles. The lowest BCUT2D eigenvalue weighted by Crippen LogP contribution is -2.33. The number of pyridine rings is 1. The van der Waals surface area contributed by atoms with E-state index in [9.17, 15) is 4.79 Å². The second kappa shape index (κ2) is 10.6. The molecule has 6 nitrogen and oxygen atoms in total. The van der Waals surface area contributed by atoms with Crippen LogP contribution in [0.2, 0.25) is 0 Å². The number of amides is 1. The zero-order chi connectivity index (χ0) is 25.9. The highest BCUT2D eigenvalue weighted by Crippen LogP contribution is 2.39. The Labute approximate surface area is 223 Å². The van der Waals surface area contributed by atoms with Crippen LogP contribution in [0.15, 0.2) is 85.2 Å². The van der Waals surface area contributed by atoms with Crippen molar-refractivity contribution in [3.63, 3.8) is 0 Å². The molecule has 1 amide bonds. The third-order valence-corrected chi connectivity index (χ3v) is 7.28. The smallest absolute Gasteiger partial charge is 0.226 e. The summed E-state index contributed by atoms with van der Waals surface area (Å²) in [5.74, 6) is -0.0435. The van der Waals surface area contributed by atoms with Gasteiger partial charge in [-0.1, -0.05) is 24.3 Å². The molecule has 0 saturated carbocycles. The van der Waals surface area contributed by atoms with Crippen LogP contribution in [-0.4, -0.2) is 32.0 Å². The maximum Gasteiger partial charge on any atom is 0.226 e. The van der Waals surface area contributed by atoms with Crippen LogP contribution in [0.5, 0.6) is 0 Å². The molecule has 0 radical (unpaired) electrons. The zero-order valence-electron chi connectivity index (χ0n) is 21.3. The number of rotatable bonds is 7. The Morgan fingerprint density at radius 1 is 1.00 bits per heavy atom. The van der Waals surface area contributed by atoms with Gasteiger partial charge < -0.3 is 20.1 Å². The monoisotopic (exact) mass is 509 g/mol. The average Bonchev–Trinajstić information content (AvgIpc) is 3.49. The first kappa shape index (κ1) is 24.7. The molecule has 2 atom stereocenters. The van der Waals surface area contributed by atoms with E-state index in [1.54, 1.807) is 6.20 Å². The molecule has 1 aliphatic rings.